The van der Waals surface area contributed by atoms with Gasteiger partial charge in [0, 0.05) is 17.3 Å². The Morgan fingerprint density at radius 3 is 2.49 bits per heavy atom. The van der Waals surface area contributed by atoms with Crippen LogP contribution in [0.5, 0.6) is 0 Å². The van der Waals surface area contributed by atoms with Crippen LogP contribution in [-0.4, -0.2) is 63.5 Å². The van der Waals surface area contributed by atoms with Crippen LogP contribution in [-0.2, 0) is 19.2 Å². The van der Waals surface area contributed by atoms with Crippen molar-refractivity contribution in [3.8, 4) is 0 Å². The van der Waals surface area contributed by atoms with E-state index in [2.05, 4.69) is 15.5 Å². The Morgan fingerprint density at radius 1 is 1.15 bits per heavy atom. The SMILES string of the molecule is CC1(C)[C@@H]2[C@@H](C(=O)NC(C(N)=O)c3nncc4ccccc34)N(C(=O)[C@H](CC3CC3)NC(=O)C(F)(F)F)C[C@@H]21. The maximum atomic E-state index is 13.7. The van der Waals surface area contributed by atoms with Crippen LogP contribution in [0.2, 0.25) is 0 Å². The van der Waals surface area contributed by atoms with Gasteiger partial charge in [-0.2, -0.15) is 23.4 Å². The second kappa shape index (κ2) is 9.45. The molecule has 2 aliphatic carbocycles. The fourth-order valence-electron chi connectivity index (χ4n) is 5.93. The molecule has 5 rings (SSSR count). The minimum atomic E-state index is -5.15. The first-order chi connectivity index (χ1) is 18.3. The van der Waals surface area contributed by atoms with Crippen molar-refractivity contribution in [1.29, 1.82) is 0 Å². The first-order valence-electron chi connectivity index (χ1n) is 12.8. The van der Waals surface area contributed by atoms with Crippen LogP contribution >= 0.6 is 0 Å². The predicted molar refractivity (Wildman–Crippen MR) is 131 cm³/mol. The Kier molecular flexibility index (Phi) is 6.50. The highest BCUT2D eigenvalue weighted by molar-refractivity contribution is 5.97. The van der Waals surface area contributed by atoms with Gasteiger partial charge < -0.3 is 21.3 Å². The fraction of sp³-hybridized carbons (Fsp3) is 0.538. The molecule has 10 nitrogen and oxygen atoms in total. The lowest BCUT2D eigenvalue weighted by Gasteiger charge is -2.33. The topological polar surface area (TPSA) is 147 Å². The minimum absolute atomic E-state index is 0.0255. The van der Waals surface area contributed by atoms with Gasteiger partial charge in [-0.1, -0.05) is 51.0 Å². The molecular weight excluding hydrogens is 517 g/mol. The van der Waals surface area contributed by atoms with E-state index in [1.54, 1.807) is 24.3 Å². The van der Waals surface area contributed by atoms with Crippen LogP contribution in [0.4, 0.5) is 13.2 Å². The average Bonchev–Trinajstić information content (AvgIpc) is 3.73. The van der Waals surface area contributed by atoms with E-state index in [1.165, 1.54) is 11.1 Å². The molecule has 4 amide bonds. The molecule has 3 fully saturated rings. The van der Waals surface area contributed by atoms with Gasteiger partial charge in [0.25, 0.3) is 0 Å². The van der Waals surface area contributed by atoms with Crippen molar-refractivity contribution in [3.05, 3.63) is 36.2 Å². The summed E-state index contributed by atoms with van der Waals surface area (Å²) in [6.07, 6.45) is -2.09. The third-order valence-corrected chi connectivity index (χ3v) is 8.33. The van der Waals surface area contributed by atoms with Gasteiger partial charge in [0.1, 0.15) is 17.8 Å². The van der Waals surface area contributed by atoms with Crippen LogP contribution < -0.4 is 16.4 Å². The van der Waals surface area contributed by atoms with Crippen LogP contribution in [0.1, 0.15) is 44.8 Å². The molecule has 5 atom stereocenters. The number of carbonyl (C=O) groups excluding carboxylic acids is 4. The van der Waals surface area contributed by atoms with Crippen molar-refractivity contribution in [1.82, 2.24) is 25.7 Å². The van der Waals surface area contributed by atoms with E-state index in [0.717, 1.165) is 12.8 Å². The molecule has 2 heterocycles. The Morgan fingerprint density at radius 2 is 1.85 bits per heavy atom. The summed E-state index contributed by atoms with van der Waals surface area (Å²) >= 11 is 0. The number of nitrogens with zero attached hydrogens (tertiary/aromatic N) is 3. The smallest absolute Gasteiger partial charge is 0.368 e. The molecule has 0 radical (unpaired) electrons. The molecule has 1 unspecified atom stereocenters. The van der Waals surface area contributed by atoms with Crippen LogP contribution in [0.25, 0.3) is 10.8 Å². The molecule has 2 aromatic rings. The average molecular weight is 547 g/mol. The molecule has 0 bridgehead atoms. The number of benzene rings is 1. The largest absolute Gasteiger partial charge is 0.471 e. The zero-order chi connectivity index (χ0) is 28.3. The molecule has 39 heavy (non-hydrogen) atoms. The Labute approximate surface area is 221 Å². The number of fused-ring (bicyclic) bond motifs is 2. The van der Waals surface area contributed by atoms with E-state index < -0.39 is 47.9 Å². The molecule has 1 aromatic heterocycles. The number of nitrogens with two attached hydrogens (primary N) is 1. The van der Waals surface area contributed by atoms with E-state index in [1.807, 2.05) is 19.2 Å². The molecule has 2 saturated carbocycles. The van der Waals surface area contributed by atoms with Crippen LogP contribution in [0, 0.1) is 23.2 Å². The molecule has 1 aromatic carbocycles. The highest BCUT2D eigenvalue weighted by atomic mass is 19.4. The maximum Gasteiger partial charge on any atom is 0.471 e. The Bertz CT molecular complexity index is 1340. The normalized spacial score (nSPS) is 24.9. The lowest BCUT2D eigenvalue weighted by molar-refractivity contribution is -0.175. The van der Waals surface area contributed by atoms with E-state index in [0.29, 0.717) is 10.8 Å². The molecule has 3 aliphatic rings. The van der Waals surface area contributed by atoms with Gasteiger partial charge in [-0.05, 0) is 29.6 Å². The standard InChI is InChI=1S/C26H29F3N6O4/c1-25(2)15-11-35(23(38)16(9-12-7-8-12)32-24(39)26(27,28)29)20(17(15)25)22(37)33-19(21(30)36)18-14-6-4-3-5-13(14)10-31-34-18/h3-6,10,12,15-17,19-20H,7-9,11H2,1-2H3,(H2,30,36)(H,32,39)(H,33,37)/t15-,16-,17-,19?,20-/m0/s1. The first kappa shape index (κ1) is 26.8. The second-order valence-electron chi connectivity index (χ2n) is 11.3. The molecular formula is C26H29F3N6O4. The number of hydrogen-bond acceptors (Lipinski definition) is 6. The van der Waals surface area contributed by atoms with E-state index in [4.69, 9.17) is 5.73 Å². The summed E-state index contributed by atoms with van der Waals surface area (Å²) in [6.45, 7) is 4.03. The third-order valence-electron chi connectivity index (χ3n) is 8.33. The third kappa shape index (κ3) is 5.01. The van der Waals surface area contributed by atoms with Crippen molar-refractivity contribution < 1.29 is 32.3 Å². The molecule has 208 valence electrons. The van der Waals surface area contributed by atoms with Gasteiger partial charge in [-0.25, -0.2) is 0 Å². The first-order valence-corrected chi connectivity index (χ1v) is 12.8. The molecule has 13 heteroatoms. The van der Waals surface area contributed by atoms with Crippen molar-refractivity contribution in [2.75, 3.05) is 6.54 Å². The van der Waals surface area contributed by atoms with E-state index in [9.17, 15) is 32.3 Å². The Balaban J connectivity index is 1.42. The van der Waals surface area contributed by atoms with Gasteiger partial charge in [-0.15, -0.1) is 0 Å². The highest BCUT2D eigenvalue weighted by Gasteiger charge is 2.69. The van der Waals surface area contributed by atoms with E-state index >= 15 is 0 Å². The number of likely N-dealkylation sites (tertiary alicyclic amines) is 1. The van der Waals surface area contributed by atoms with Crippen molar-refractivity contribution in [2.45, 2.75) is 57.4 Å². The number of piperidine rings is 1. The van der Waals surface area contributed by atoms with Gasteiger partial charge in [0.05, 0.1) is 6.20 Å². The number of halogens is 3. The summed E-state index contributed by atoms with van der Waals surface area (Å²) in [7, 11) is 0. The molecule has 1 saturated heterocycles. The van der Waals surface area contributed by atoms with Crippen molar-refractivity contribution in [3.63, 3.8) is 0 Å². The van der Waals surface area contributed by atoms with Crippen molar-refractivity contribution in [2.24, 2.45) is 28.9 Å². The fourth-order valence-corrected chi connectivity index (χ4v) is 5.93. The lowest BCUT2D eigenvalue weighted by atomic mass is 9.98. The summed E-state index contributed by atoms with van der Waals surface area (Å²) in [5.74, 6) is -4.83. The zero-order valence-corrected chi connectivity index (χ0v) is 21.4. The molecule has 4 N–H and O–H groups in total. The number of rotatable bonds is 8. The summed E-state index contributed by atoms with van der Waals surface area (Å²) in [6, 6.07) is 3.14. The van der Waals surface area contributed by atoms with Gasteiger partial charge in [0.2, 0.25) is 17.7 Å². The number of alkyl halides is 3. The number of nitrogens with one attached hydrogen (secondary N) is 2. The molecule has 0 spiro atoms. The maximum absolute atomic E-state index is 13.7. The van der Waals surface area contributed by atoms with Gasteiger partial charge in [-0.3, -0.25) is 19.2 Å². The second-order valence-corrected chi connectivity index (χ2v) is 11.3. The summed E-state index contributed by atoms with van der Waals surface area (Å²) in [5, 5.41) is 13.6. The zero-order valence-electron chi connectivity index (χ0n) is 21.4. The van der Waals surface area contributed by atoms with E-state index in [-0.39, 0.29) is 41.8 Å². The predicted octanol–water partition coefficient (Wildman–Crippen LogP) is 1.60. The number of primary amides is 1. The number of hydrogen-bond donors (Lipinski definition) is 3. The molecule has 1 aliphatic heterocycles. The monoisotopic (exact) mass is 546 g/mol. The van der Waals surface area contributed by atoms with Gasteiger partial charge >= 0.3 is 12.1 Å². The summed E-state index contributed by atoms with van der Waals surface area (Å²) < 4.78 is 39.0. The van der Waals surface area contributed by atoms with Crippen molar-refractivity contribution >= 4 is 34.4 Å². The minimum Gasteiger partial charge on any atom is -0.368 e. The summed E-state index contributed by atoms with van der Waals surface area (Å²) in [4.78, 5) is 52.7. The Hall–Kier alpha value is -3.77. The highest BCUT2D eigenvalue weighted by Crippen LogP contribution is 2.65. The van der Waals surface area contributed by atoms with Crippen LogP contribution in [0.3, 0.4) is 0 Å². The van der Waals surface area contributed by atoms with Gasteiger partial charge in [0.15, 0.2) is 6.04 Å². The lowest BCUT2D eigenvalue weighted by Crippen LogP contribution is -2.57. The van der Waals surface area contributed by atoms with Crippen LogP contribution in [0.15, 0.2) is 30.5 Å². The number of aromatic nitrogens is 2. The number of amides is 4. The summed E-state index contributed by atoms with van der Waals surface area (Å²) in [5.41, 5.74) is 5.48. The number of carbonyl (C=O) groups is 4. The quantitative estimate of drug-likeness (QED) is 0.458.